The quantitative estimate of drug-likeness (QED) is 0.878. The molecule has 0 aromatic heterocycles. The third kappa shape index (κ3) is 3.73. The van der Waals surface area contributed by atoms with Gasteiger partial charge in [0.1, 0.15) is 5.82 Å². The van der Waals surface area contributed by atoms with Crippen LogP contribution in [0.15, 0.2) is 23.1 Å². The fraction of sp³-hybridized carbons (Fsp3) is 0.533. The molecule has 1 heterocycles. The van der Waals surface area contributed by atoms with E-state index in [1.54, 1.807) is 23.9 Å². The van der Waals surface area contributed by atoms with Crippen molar-refractivity contribution in [1.82, 2.24) is 10.6 Å². The van der Waals surface area contributed by atoms with Gasteiger partial charge in [-0.15, -0.1) is 11.8 Å². The molecular weight excluding hydrogens is 275 g/mol. The smallest absolute Gasteiger partial charge is 0.224 e. The first kappa shape index (κ1) is 15.3. The highest BCUT2D eigenvalue weighted by Gasteiger charge is 2.24. The van der Waals surface area contributed by atoms with Crippen LogP contribution in [0.4, 0.5) is 4.39 Å². The maximum Gasteiger partial charge on any atom is 0.224 e. The molecule has 2 unspecified atom stereocenters. The van der Waals surface area contributed by atoms with Gasteiger partial charge in [0, 0.05) is 23.1 Å². The van der Waals surface area contributed by atoms with E-state index in [9.17, 15) is 9.18 Å². The number of carbonyl (C=O) groups is 1. The maximum atomic E-state index is 13.4. The molecule has 0 saturated heterocycles. The largest absolute Gasteiger partial charge is 0.349 e. The molecule has 0 spiro atoms. The van der Waals surface area contributed by atoms with E-state index in [0.717, 1.165) is 29.2 Å². The lowest BCUT2D eigenvalue weighted by atomic mass is 10.0. The highest BCUT2D eigenvalue weighted by Crippen LogP contribution is 2.36. The predicted molar refractivity (Wildman–Crippen MR) is 80.3 cm³/mol. The second-order valence-electron chi connectivity index (χ2n) is 5.09. The molecule has 2 N–H and O–H groups in total. The summed E-state index contributed by atoms with van der Waals surface area (Å²) in [5, 5.41) is 6.22. The van der Waals surface area contributed by atoms with Crippen molar-refractivity contribution in [2.75, 3.05) is 18.8 Å². The molecule has 0 saturated carbocycles. The van der Waals surface area contributed by atoms with Gasteiger partial charge in [0.15, 0.2) is 0 Å². The second kappa shape index (κ2) is 7.09. The molecule has 20 heavy (non-hydrogen) atoms. The summed E-state index contributed by atoms with van der Waals surface area (Å²) < 4.78 is 13.4. The molecule has 0 fully saturated rings. The molecule has 1 amide bonds. The minimum Gasteiger partial charge on any atom is -0.349 e. The Hall–Kier alpha value is -1.07. The second-order valence-corrected chi connectivity index (χ2v) is 6.23. The maximum absolute atomic E-state index is 13.4. The molecule has 3 nitrogen and oxygen atoms in total. The minimum atomic E-state index is -0.244. The Morgan fingerprint density at radius 2 is 2.35 bits per heavy atom. The predicted octanol–water partition coefficient (Wildman–Crippen LogP) is 2.72. The number of halogens is 1. The van der Waals surface area contributed by atoms with Crippen molar-refractivity contribution >= 4 is 17.7 Å². The molecule has 0 bridgehead atoms. The summed E-state index contributed by atoms with van der Waals surface area (Å²) >= 11 is 1.72. The SMILES string of the molecule is CCNCC(C)C(=O)NC1CCSc2ccc(F)cc21. The Balaban J connectivity index is 2.04. The van der Waals surface area contributed by atoms with E-state index in [4.69, 9.17) is 0 Å². The third-order valence-electron chi connectivity index (χ3n) is 3.48. The first-order valence-electron chi connectivity index (χ1n) is 7.05. The molecule has 0 radical (unpaired) electrons. The van der Waals surface area contributed by atoms with E-state index in [-0.39, 0.29) is 23.7 Å². The van der Waals surface area contributed by atoms with Crippen molar-refractivity contribution in [3.8, 4) is 0 Å². The number of rotatable bonds is 5. The number of amides is 1. The Labute approximate surface area is 123 Å². The van der Waals surface area contributed by atoms with Gasteiger partial charge in [0.2, 0.25) is 5.91 Å². The summed E-state index contributed by atoms with van der Waals surface area (Å²) in [4.78, 5) is 13.2. The zero-order chi connectivity index (χ0) is 14.5. The lowest BCUT2D eigenvalue weighted by Crippen LogP contribution is -2.38. The Morgan fingerprint density at radius 3 is 3.10 bits per heavy atom. The van der Waals surface area contributed by atoms with Gasteiger partial charge in [-0.2, -0.15) is 0 Å². The summed E-state index contributed by atoms with van der Waals surface area (Å²) in [5.41, 5.74) is 0.908. The standard InChI is InChI=1S/C15H21FN2OS/c1-3-17-9-10(2)15(19)18-13-6-7-20-14-5-4-11(16)8-12(13)14/h4-5,8,10,13,17H,3,6-7,9H2,1-2H3,(H,18,19). The van der Waals surface area contributed by atoms with Crippen LogP contribution in [-0.4, -0.2) is 24.7 Å². The van der Waals surface area contributed by atoms with E-state index in [2.05, 4.69) is 10.6 Å². The Bertz CT molecular complexity index is 481. The van der Waals surface area contributed by atoms with Gasteiger partial charge in [-0.3, -0.25) is 4.79 Å². The topological polar surface area (TPSA) is 41.1 Å². The Morgan fingerprint density at radius 1 is 1.55 bits per heavy atom. The van der Waals surface area contributed by atoms with Gasteiger partial charge in [0.05, 0.1) is 6.04 Å². The van der Waals surface area contributed by atoms with Crippen LogP contribution in [0.25, 0.3) is 0 Å². The number of fused-ring (bicyclic) bond motifs is 1. The van der Waals surface area contributed by atoms with Crippen molar-refractivity contribution in [2.45, 2.75) is 31.2 Å². The van der Waals surface area contributed by atoms with Crippen LogP contribution >= 0.6 is 11.8 Å². The number of hydrogen-bond acceptors (Lipinski definition) is 3. The lowest BCUT2D eigenvalue weighted by Gasteiger charge is -2.27. The summed E-state index contributed by atoms with van der Waals surface area (Å²) in [5.74, 6) is 0.649. The summed E-state index contributed by atoms with van der Waals surface area (Å²) in [6.45, 7) is 5.44. The molecule has 1 aromatic rings. The molecule has 1 aromatic carbocycles. The highest BCUT2D eigenvalue weighted by atomic mass is 32.2. The average molecular weight is 296 g/mol. The molecule has 110 valence electrons. The van der Waals surface area contributed by atoms with Gasteiger partial charge >= 0.3 is 0 Å². The molecule has 0 aliphatic carbocycles. The number of benzene rings is 1. The van der Waals surface area contributed by atoms with E-state index >= 15 is 0 Å². The van der Waals surface area contributed by atoms with Crippen LogP contribution in [0, 0.1) is 11.7 Å². The lowest BCUT2D eigenvalue weighted by molar-refractivity contribution is -0.125. The first-order valence-corrected chi connectivity index (χ1v) is 8.03. The van der Waals surface area contributed by atoms with Gasteiger partial charge < -0.3 is 10.6 Å². The molecule has 1 aliphatic heterocycles. The average Bonchev–Trinajstić information content (AvgIpc) is 2.45. The van der Waals surface area contributed by atoms with Crippen molar-refractivity contribution in [3.05, 3.63) is 29.6 Å². The van der Waals surface area contributed by atoms with Gasteiger partial charge in [-0.05, 0) is 36.7 Å². The van der Waals surface area contributed by atoms with E-state index < -0.39 is 0 Å². The van der Waals surface area contributed by atoms with Gasteiger partial charge in [0.25, 0.3) is 0 Å². The van der Waals surface area contributed by atoms with Gasteiger partial charge in [-0.1, -0.05) is 13.8 Å². The summed E-state index contributed by atoms with van der Waals surface area (Å²) in [7, 11) is 0. The molecule has 2 atom stereocenters. The molecule has 2 rings (SSSR count). The molecular formula is C15H21FN2OS. The zero-order valence-corrected chi connectivity index (χ0v) is 12.7. The Kier molecular flexibility index (Phi) is 5.43. The van der Waals surface area contributed by atoms with Crippen LogP contribution in [0.1, 0.15) is 31.9 Å². The van der Waals surface area contributed by atoms with Crippen LogP contribution in [0.5, 0.6) is 0 Å². The fourth-order valence-electron chi connectivity index (χ4n) is 2.28. The third-order valence-corrected chi connectivity index (χ3v) is 4.60. The van der Waals surface area contributed by atoms with Gasteiger partial charge in [-0.25, -0.2) is 4.39 Å². The summed E-state index contributed by atoms with van der Waals surface area (Å²) in [6.07, 6.45) is 0.848. The van der Waals surface area contributed by atoms with Crippen LogP contribution < -0.4 is 10.6 Å². The zero-order valence-electron chi connectivity index (χ0n) is 11.9. The van der Waals surface area contributed by atoms with Crippen LogP contribution in [0.3, 0.4) is 0 Å². The number of nitrogens with one attached hydrogen (secondary N) is 2. The van der Waals surface area contributed by atoms with Crippen molar-refractivity contribution in [2.24, 2.45) is 5.92 Å². The monoisotopic (exact) mass is 296 g/mol. The van der Waals surface area contributed by atoms with E-state index in [1.807, 2.05) is 13.8 Å². The van der Waals surface area contributed by atoms with Crippen molar-refractivity contribution in [3.63, 3.8) is 0 Å². The van der Waals surface area contributed by atoms with E-state index in [0.29, 0.717) is 6.54 Å². The van der Waals surface area contributed by atoms with Crippen LogP contribution in [-0.2, 0) is 4.79 Å². The van der Waals surface area contributed by atoms with Crippen molar-refractivity contribution in [1.29, 1.82) is 0 Å². The first-order chi connectivity index (χ1) is 9.61. The number of carbonyl (C=O) groups excluding carboxylic acids is 1. The minimum absolute atomic E-state index is 0.0260. The highest BCUT2D eigenvalue weighted by molar-refractivity contribution is 7.99. The number of thioether (sulfide) groups is 1. The van der Waals surface area contributed by atoms with Crippen LogP contribution in [0.2, 0.25) is 0 Å². The number of hydrogen-bond donors (Lipinski definition) is 2. The molecule has 1 aliphatic rings. The summed E-state index contributed by atoms with van der Waals surface area (Å²) in [6, 6.07) is 4.75. The normalized spacial score (nSPS) is 19.2. The molecule has 5 heteroatoms. The van der Waals surface area contributed by atoms with Crippen molar-refractivity contribution < 1.29 is 9.18 Å². The fourth-order valence-corrected chi connectivity index (χ4v) is 3.39. The van der Waals surface area contributed by atoms with E-state index in [1.165, 1.54) is 6.07 Å².